The second kappa shape index (κ2) is 7.91. The Labute approximate surface area is 155 Å². The maximum absolute atomic E-state index is 12.5. The molecule has 0 heterocycles. The predicted molar refractivity (Wildman–Crippen MR) is 104 cm³/mol. The van der Waals surface area contributed by atoms with Gasteiger partial charge < -0.3 is 10.1 Å². The first-order valence-corrected chi connectivity index (χ1v) is 10.4. The van der Waals surface area contributed by atoms with E-state index in [0.29, 0.717) is 5.75 Å². The van der Waals surface area contributed by atoms with Gasteiger partial charge in [-0.05, 0) is 55.2 Å². The van der Waals surface area contributed by atoms with Crippen LogP contribution in [0.4, 0.5) is 5.69 Å². The lowest BCUT2D eigenvalue weighted by molar-refractivity contribution is -0.122. The highest BCUT2D eigenvalue weighted by Gasteiger charge is 2.18. The quantitative estimate of drug-likeness (QED) is 0.830. The Morgan fingerprint density at radius 2 is 1.65 bits per heavy atom. The lowest BCUT2D eigenvalue weighted by Gasteiger charge is -2.19. The van der Waals surface area contributed by atoms with Gasteiger partial charge in [0.2, 0.25) is 0 Å². The molecule has 0 aliphatic carbocycles. The molecule has 1 N–H and O–H groups in total. The Morgan fingerprint density at radius 3 is 2.19 bits per heavy atom. The van der Waals surface area contributed by atoms with Gasteiger partial charge in [-0.1, -0.05) is 32.0 Å². The lowest BCUT2D eigenvalue weighted by Crippen LogP contribution is -2.30. The van der Waals surface area contributed by atoms with E-state index in [9.17, 15) is 13.2 Å². The van der Waals surface area contributed by atoms with Crippen molar-refractivity contribution in [1.82, 2.24) is 0 Å². The van der Waals surface area contributed by atoms with Crippen LogP contribution < -0.4 is 10.1 Å². The first-order valence-electron chi connectivity index (χ1n) is 8.46. The zero-order valence-electron chi connectivity index (χ0n) is 15.7. The van der Waals surface area contributed by atoms with Crippen LogP contribution in [0.25, 0.3) is 0 Å². The summed E-state index contributed by atoms with van der Waals surface area (Å²) in [5.41, 5.74) is 2.88. The fourth-order valence-electron chi connectivity index (χ4n) is 2.59. The van der Waals surface area contributed by atoms with Gasteiger partial charge in [-0.2, -0.15) is 0 Å². The SMILES string of the molecule is Cc1cccc(C(C)C)c1NC(=O)C(C)Oc1ccc(S(C)(=O)=O)cc1. The molecule has 2 rings (SSSR count). The molecule has 0 saturated carbocycles. The summed E-state index contributed by atoms with van der Waals surface area (Å²) < 4.78 is 28.6. The van der Waals surface area contributed by atoms with Crippen LogP contribution in [0, 0.1) is 6.92 Å². The van der Waals surface area contributed by atoms with E-state index in [1.165, 1.54) is 12.1 Å². The molecule has 5 nitrogen and oxygen atoms in total. The number of ether oxygens (including phenoxy) is 1. The number of aryl methyl sites for hydroxylation is 1. The summed E-state index contributed by atoms with van der Waals surface area (Å²) in [6.07, 6.45) is 0.423. The molecule has 2 aromatic rings. The standard InChI is InChI=1S/C20H25NO4S/c1-13(2)18-8-6-7-14(3)19(18)21-20(22)15(4)25-16-9-11-17(12-10-16)26(5,23)24/h6-13,15H,1-5H3,(H,21,22). The Kier molecular flexibility index (Phi) is 6.08. The monoisotopic (exact) mass is 375 g/mol. The third-order valence-corrected chi connectivity index (χ3v) is 5.24. The van der Waals surface area contributed by atoms with Crippen molar-refractivity contribution in [1.29, 1.82) is 0 Å². The van der Waals surface area contributed by atoms with Crippen LogP contribution in [0.1, 0.15) is 37.8 Å². The van der Waals surface area contributed by atoms with E-state index >= 15 is 0 Å². The Bertz CT molecular complexity index is 887. The van der Waals surface area contributed by atoms with Crippen molar-refractivity contribution < 1.29 is 17.9 Å². The first-order chi connectivity index (χ1) is 12.1. The van der Waals surface area contributed by atoms with Gasteiger partial charge in [0.15, 0.2) is 15.9 Å². The molecule has 140 valence electrons. The van der Waals surface area contributed by atoms with E-state index in [4.69, 9.17) is 4.74 Å². The van der Waals surface area contributed by atoms with Crippen LogP contribution in [-0.4, -0.2) is 26.7 Å². The summed E-state index contributed by atoms with van der Waals surface area (Å²) in [4.78, 5) is 12.7. The van der Waals surface area contributed by atoms with Gasteiger partial charge in [-0.3, -0.25) is 4.79 Å². The van der Waals surface area contributed by atoms with Gasteiger partial charge in [0.05, 0.1) is 4.90 Å². The van der Waals surface area contributed by atoms with Gasteiger partial charge in [0, 0.05) is 11.9 Å². The smallest absolute Gasteiger partial charge is 0.265 e. The van der Waals surface area contributed by atoms with Crippen molar-refractivity contribution in [3.63, 3.8) is 0 Å². The fraction of sp³-hybridized carbons (Fsp3) is 0.350. The summed E-state index contributed by atoms with van der Waals surface area (Å²) in [5.74, 6) is 0.465. The zero-order valence-corrected chi connectivity index (χ0v) is 16.6. The number of rotatable bonds is 6. The molecular formula is C20H25NO4S. The van der Waals surface area contributed by atoms with Crippen molar-refractivity contribution in [2.45, 2.75) is 44.6 Å². The van der Waals surface area contributed by atoms with E-state index in [0.717, 1.165) is 23.1 Å². The van der Waals surface area contributed by atoms with Crippen LogP contribution in [-0.2, 0) is 14.6 Å². The molecule has 0 spiro atoms. The molecule has 1 unspecified atom stereocenters. The topological polar surface area (TPSA) is 72.5 Å². The molecule has 0 fully saturated rings. The van der Waals surface area contributed by atoms with Crippen molar-refractivity contribution in [2.75, 3.05) is 11.6 Å². The van der Waals surface area contributed by atoms with Gasteiger partial charge in [-0.25, -0.2) is 8.42 Å². The highest BCUT2D eigenvalue weighted by Crippen LogP contribution is 2.27. The molecule has 1 amide bonds. The molecule has 0 aliphatic heterocycles. The molecule has 0 saturated heterocycles. The second-order valence-corrected chi connectivity index (χ2v) is 8.70. The second-order valence-electron chi connectivity index (χ2n) is 6.69. The summed E-state index contributed by atoms with van der Waals surface area (Å²) in [7, 11) is -3.26. The molecule has 2 aromatic carbocycles. The average Bonchev–Trinajstić information content (AvgIpc) is 2.56. The largest absolute Gasteiger partial charge is 0.481 e. The van der Waals surface area contributed by atoms with Crippen molar-refractivity contribution >= 4 is 21.4 Å². The molecule has 0 aromatic heterocycles. The van der Waals surface area contributed by atoms with E-state index in [1.54, 1.807) is 19.1 Å². The average molecular weight is 375 g/mol. The maximum atomic E-state index is 12.5. The Hall–Kier alpha value is -2.34. The molecule has 26 heavy (non-hydrogen) atoms. The summed E-state index contributed by atoms with van der Waals surface area (Å²) in [6.45, 7) is 7.77. The minimum Gasteiger partial charge on any atom is -0.481 e. The molecule has 0 aliphatic rings. The van der Waals surface area contributed by atoms with Crippen LogP contribution in [0.3, 0.4) is 0 Å². The van der Waals surface area contributed by atoms with Gasteiger partial charge in [0.1, 0.15) is 5.75 Å². The fourth-order valence-corrected chi connectivity index (χ4v) is 3.22. The van der Waals surface area contributed by atoms with Crippen LogP contribution in [0.5, 0.6) is 5.75 Å². The summed E-state index contributed by atoms with van der Waals surface area (Å²) in [6, 6.07) is 12.0. The first kappa shape index (κ1) is 20.0. The summed E-state index contributed by atoms with van der Waals surface area (Å²) in [5, 5.41) is 2.96. The highest BCUT2D eigenvalue weighted by molar-refractivity contribution is 7.90. The Morgan fingerprint density at radius 1 is 1.04 bits per heavy atom. The lowest BCUT2D eigenvalue weighted by atomic mass is 9.98. The predicted octanol–water partition coefficient (Wildman–Crippen LogP) is 3.93. The number of anilines is 1. The van der Waals surface area contributed by atoms with Gasteiger partial charge in [-0.15, -0.1) is 0 Å². The number of carbonyl (C=O) groups excluding carboxylic acids is 1. The zero-order chi connectivity index (χ0) is 19.5. The van der Waals surface area contributed by atoms with Gasteiger partial charge >= 0.3 is 0 Å². The van der Waals surface area contributed by atoms with E-state index < -0.39 is 15.9 Å². The van der Waals surface area contributed by atoms with Crippen molar-refractivity contribution in [3.8, 4) is 5.75 Å². The highest BCUT2D eigenvalue weighted by atomic mass is 32.2. The maximum Gasteiger partial charge on any atom is 0.265 e. The number of para-hydroxylation sites is 1. The van der Waals surface area contributed by atoms with Crippen LogP contribution >= 0.6 is 0 Å². The van der Waals surface area contributed by atoms with Crippen LogP contribution in [0.2, 0.25) is 0 Å². The Balaban J connectivity index is 2.11. The number of nitrogens with one attached hydrogen (secondary N) is 1. The minimum absolute atomic E-state index is 0.212. The van der Waals surface area contributed by atoms with E-state index in [2.05, 4.69) is 19.2 Å². The van der Waals surface area contributed by atoms with Crippen molar-refractivity contribution in [3.05, 3.63) is 53.6 Å². The normalized spacial score (nSPS) is 12.7. The van der Waals surface area contributed by atoms with Crippen LogP contribution in [0.15, 0.2) is 47.4 Å². The molecule has 1 atom stereocenters. The number of benzene rings is 2. The molecule has 6 heteroatoms. The van der Waals surface area contributed by atoms with Crippen molar-refractivity contribution in [2.24, 2.45) is 0 Å². The van der Waals surface area contributed by atoms with Gasteiger partial charge in [0.25, 0.3) is 5.91 Å². The molecule has 0 bridgehead atoms. The minimum atomic E-state index is -3.26. The van der Waals surface area contributed by atoms with E-state index in [-0.39, 0.29) is 16.7 Å². The number of hydrogen-bond acceptors (Lipinski definition) is 4. The number of carbonyl (C=O) groups is 1. The molecular weight excluding hydrogens is 350 g/mol. The third-order valence-electron chi connectivity index (χ3n) is 4.11. The number of hydrogen-bond donors (Lipinski definition) is 1. The third kappa shape index (κ3) is 4.85. The summed E-state index contributed by atoms with van der Waals surface area (Å²) >= 11 is 0. The number of amides is 1. The van der Waals surface area contributed by atoms with E-state index in [1.807, 2.05) is 25.1 Å². The molecule has 0 radical (unpaired) electrons. The number of sulfone groups is 1.